The first kappa shape index (κ1) is 23.5. The maximum atomic E-state index is 13.1. The zero-order chi connectivity index (χ0) is 23.3. The zero-order valence-electron chi connectivity index (χ0n) is 18.3. The van der Waals surface area contributed by atoms with Gasteiger partial charge in [0.05, 0.1) is 35.2 Å². The number of carbonyl (C=O) groups is 2. The van der Waals surface area contributed by atoms with Gasteiger partial charge in [-0.25, -0.2) is 9.59 Å². The number of allylic oxidation sites excluding steroid dienone is 1. The van der Waals surface area contributed by atoms with Crippen molar-refractivity contribution in [3.8, 4) is 0 Å². The van der Waals surface area contributed by atoms with Gasteiger partial charge in [0.15, 0.2) is 0 Å². The number of nitrogens with one attached hydrogen (secondary N) is 1. The number of hydrogen-bond donors (Lipinski definition) is 2. The van der Waals surface area contributed by atoms with E-state index in [9.17, 15) is 19.7 Å². The molecule has 1 fully saturated rings. The first-order valence-corrected chi connectivity index (χ1v) is 10.9. The fraction of sp³-hybridized carbons (Fsp3) is 0.478. The summed E-state index contributed by atoms with van der Waals surface area (Å²) in [5, 5.41) is 14.4. The van der Waals surface area contributed by atoms with Crippen molar-refractivity contribution in [3.05, 3.63) is 63.0 Å². The quantitative estimate of drug-likeness (QED) is 0.320. The molecule has 172 valence electrons. The van der Waals surface area contributed by atoms with Gasteiger partial charge >= 0.3 is 11.9 Å². The number of nitrogens with zero attached hydrogens (tertiary/aromatic N) is 1. The summed E-state index contributed by atoms with van der Waals surface area (Å²) >= 11 is 0. The summed E-state index contributed by atoms with van der Waals surface area (Å²) in [6.07, 6.45) is 4.90. The van der Waals surface area contributed by atoms with Crippen molar-refractivity contribution in [2.75, 3.05) is 13.2 Å². The van der Waals surface area contributed by atoms with E-state index in [2.05, 4.69) is 5.32 Å². The van der Waals surface area contributed by atoms with Crippen LogP contribution in [0.2, 0.25) is 0 Å². The van der Waals surface area contributed by atoms with E-state index in [-0.39, 0.29) is 36.1 Å². The first-order chi connectivity index (χ1) is 15.4. The number of nitrogens with two attached hydrogens (primary N) is 1. The summed E-state index contributed by atoms with van der Waals surface area (Å²) < 4.78 is 10.5. The van der Waals surface area contributed by atoms with Gasteiger partial charge in [-0.1, -0.05) is 12.1 Å². The SMILES string of the molecule is CCOC(=O)C1=CNC(CCC(N)C2CC2)=C(C(=O)OCC)C1c1cccc([N+](=O)[O-])c1. The molecular formula is C23H29N3O6. The number of benzene rings is 1. The van der Waals surface area contributed by atoms with Crippen LogP contribution in [0, 0.1) is 16.0 Å². The van der Waals surface area contributed by atoms with Crippen molar-refractivity contribution in [1.82, 2.24) is 5.32 Å². The Bertz CT molecular complexity index is 951. The molecule has 1 aliphatic heterocycles. The van der Waals surface area contributed by atoms with Crippen LogP contribution in [-0.4, -0.2) is 36.1 Å². The predicted molar refractivity (Wildman–Crippen MR) is 117 cm³/mol. The maximum absolute atomic E-state index is 13.1. The van der Waals surface area contributed by atoms with Gasteiger partial charge in [0.1, 0.15) is 0 Å². The molecule has 1 aromatic carbocycles. The van der Waals surface area contributed by atoms with Crippen molar-refractivity contribution >= 4 is 17.6 Å². The van der Waals surface area contributed by atoms with Gasteiger partial charge in [-0.05, 0) is 51.0 Å². The van der Waals surface area contributed by atoms with Crippen LogP contribution in [-0.2, 0) is 19.1 Å². The third kappa shape index (κ3) is 5.34. The van der Waals surface area contributed by atoms with Crippen LogP contribution in [0.25, 0.3) is 0 Å². The molecule has 1 heterocycles. The molecule has 32 heavy (non-hydrogen) atoms. The number of esters is 2. The summed E-state index contributed by atoms with van der Waals surface area (Å²) in [6.45, 7) is 3.68. The minimum atomic E-state index is -0.860. The van der Waals surface area contributed by atoms with E-state index in [1.165, 1.54) is 24.4 Å². The van der Waals surface area contributed by atoms with Gasteiger partial charge in [-0.3, -0.25) is 10.1 Å². The summed E-state index contributed by atoms with van der Waals surface area (Å²) in [7, 11) is 0. The maximum Gasteiger partial charge on any atom is 0.336 e. The van der Waals surface area contributed by atoms with Gasteiger partial charge in [0, 0.05) is 30.1 Å². The third-order valence-corrected chi connectivity index (χ3v) is 5.70. The minimum Gasteiger partial charge on any atom is -0.463 e. The topological polar surface area (TPSA) is 134 Å². The van der Waals surface area contributed by atoms with E-state index >= 15 is 0 Å². The highest BCUT2D eigenvalue weighted by Gasteiger charge is 2.38. The molecule has 0 saturated heterocycles. The Morgan fingerprint density at radius 3 is 2.53 bits per heavy atom. The van der Waals surface area contributed by atoms with Gasteiger partial charge in [0.2, 0.25) is 0 Å². The highest BCUT2D eigenvalue weighted by molar-refractivity contribution is 5.99. The second-order valence-electron chi connectivity index (χ2n) is 7.90. The number of carbonyl (C=O) groups excluding carboxylic acids is 2. The van der Waals surface area contributed by atoms with E-state index in [1.807, 2.05) is 0 Å². The molecule has 3 N–H and O–H groups in total. The lowest BCUT2D eigenvalue weighted by atomic mass is 9.81. The predicted octanol–water partition coefficient (Wildman–Crippen LogP) is 3.06. The number of dihydropyridines is 1. The standard InChI is InChI=1S/C23H29N3O6/c1-3-31-22(27)17-13-25-19(11-10-18(24)14-8-9-14)21(23(28)32-4-2)20(17)15-6-5-7-16(12-15)26(29)30/h5-7,12-14,18,20,25H,3-4,8-11,24H2,1-2H3. The Morgan fingerprint density at radius 1 is 1.22 bits per heavy atom. The summed E-state index contributed by atoms with van der Waals surface area (Å²) in [4.78, 5) is 36.6. The number of hydrogen-bond acceptors (Lipinski definition) is 8. The lowest BCUT2D eigenvalue weighted by Gasteiger charge is -2.29. The van der Waals surface area contributed by atoms with Crippen LogP contribution in [0.5, 0.6) is 0 Å². The molecule has 0 amide bonds. The molecule has 0 spiro atoms. The van der Waals surface area contributed by atoms with Crippen LogP contribution in [0.1, 0.15) is 51.0 Å². The summed E-state index contributed by atoms with van der Waals surface area (Å²) in [6, 6.07) is 5.95. The highest BCUT2D eigenvalue weighted by Crippen LogP contribution is 2.40. The Morgan fingerprint density at radius 2 is 1.91 bits per heavy atom. The Kier molecular flexibility index (Phi) is 7.63. The second kappa shape index (κ2) is 10.4. The average molecular weight is 444 g/mol. The molecule has 1 aliphatic carbocycles. The van der Waals surface area contributed by atoms with Crippen molar-refractivity contribution in [3.63, 3.8) is 0 Å². The van der Waals surface area contributed by atoms with Crippen LogP contribution < -0.4 is 11.1 Å². The van der Waals surface area contributed by atoms with E-state index < -0.39 is 22.8 Å². The monoisotopic (exact) mass is 443 g/mol. The normalized spacial score (nSPS) is 19.0. The molecule has 0 radical (unpaired) electrons. The van der Waals surface area contributed by atoms with E-state index in [0.29, 0.717) is 30.0 Å². The number of nitro groups is 1. The Hall–Kier alpha value is -3.20. The van der Waals surface area contributed by atoms with Gasteiger partial charge in [0.25, 0.3) is 5.69 Å². The average Bonchev–Trinajstić information content (AvgIpc) is 3.62. The number of rotatable bonds is 10. The Balaban J connectivity index is 2.06. The fourth-order valence-electron chi connectivity index (χ4n) is 3.94. The number of ether oxygens (including phenoxy) is 2. The highest BCUT2D eigenvalue weighted by atomic mass is 16.6. The van der Waals surface area contributed by atoms with Crippen molar-refractivity contribution in [1.29, 1.82) is 0 Å². The third-order valence-electron chi connectivity index (χ3n) is 5.70. The molecule has 2 aliphatic rings. The molecule has 1 aromatic rings. The second-order valence-corrected chi connectivity index (χ2v) is 7.90. The van der Waals surface area contributed by atoms with Crippen molar-refractivity contribution in [2.45, 2.75) is 51.5 Å². The van der Waals surface area contributed by atoms with Gasteiger partial charge in [-0.15, -0.1) is 0 Å². The van der Waals surface area contributed by atoms with Gasteiger partial charge < -0.3 is 20.5 Å². The molecule has 9 nitrogen and oxygen atoms in total. The number of non-ortho nitro benzene ring substituents is 1. The minimum absolute atomic E-state index is 0.0273. The Labute approximate surface area is 186 Å². The first-order valence-electron chi connectivity index (χ1n) is 10.9. The molecule has 2 unspecified atom stereocenters. The smallest absolute Gasteiger partial charge is 0.336 e. The molecular weight excluding hydrogens is 414 g/mol. The lowest BCUT2D eigenvalue weighted by Crippen LogP contribution is -2.32. The number of nitro benzene ring substituents is 1. The van der Waals surface area contributed by atoms with E-state index in [1.54, 1.807) is 19.9 Å². The summed E-state index contributed by atoms with van der Waals surface area (Å²) in [5.74, 6) is -1.54. The molecule has 0 aromatic heterocycles. The van der Waals surface area contributed by atoms with Crippen molar-refractivity contribution in [2.24, 2.45) is 11.7 Å². The van der Waals surface area contributed by atoms with E-state index in [4.69, 9.17) is 15.2 Å². The summed E-state index contributed by atoms with van der Waals surface area (Å²) in [5.41, 5.74) is 7.60. The fourth-order valence-corrected chi connectivity index (χ4v) is 3.94. The molecule has 3 rings (SSSR count). The van der Waals surface area contributed by atoms with Crippen LogP contribution in [0.15, 0.2) is 47.3 Å². The van der Waals surface area contributed by atoms with Crippen LogP contribution in [0.4, 0.5) is 5.69 Å². The van der Waals surface area contributed by atoms with Crippen LogP contribution in [0.3, 0.4) is 0 Å². The lowest BCUT2D eigenvalue weighted by molar-refractivity contribution is -0.384. The molecule has 1 saturated carbocycles. The molecule has 2 atom stereocenters. The van der Waals surface area contributed by atoms with Crippen LogP contribution >= 0.6 is 0 Å². The molecule has 9 heteroatoms. The molecule has 0 bridgehead atoms. The van der Waals surface area contributed by atoms with Gasteiger partial charge in [-0.2, -0.15) is 0 Å². The van der Waals surface area contributed by atoms with E-state index in [0.717, 1.165) is 12.8 Å². The largest absolute Gasteiger partial charge is 0.463 e. The van der Waals surface area contributed by atoms with Crippen molar-refractivity contribution < 1.29 is 24.0 Å². The zero-order valence-corrected chi connectivity index (χ0v) is 18.3.